The summed E-state index contributed by atoms with van der Waals surface area (Å²) in [6.07, 6.45) is 5.44. The van der Waals surface area contributed by atoms with Crippen LogP contribution in [0.15, 0.2) is 17.1 Å². The second-order valence-electron chi connectivity index (χ2n) is 1.40. The average Bonchev–Trinajstić information content (AvgIpc) is 1.66. The van der Waals surface area contributed by atoms with Gasteiger partial charge in [0.1, 0.15) is 5.50 Å². The van der Waals surface area contributed by atoms with Gasteiger partial charge in [0.15, 0.2) is 0 Å². The lowest BCUT2D eigenvalue weighted by Crippen LogP contribution is -1.81. The molecule has 1 unspecified atom stereocenters. The zero-order chi connectivity index (χ0) is 6.41. The van der Waals surface area contributed by atoms with Crippen LogP contribution in [-0.2, 0) is 0 Å². The monoisotopic (exact) mass is 131 g/mol. The highest BCUT2D eigenvalue weighted by Crippen LogP contribution is 1.91. The lowest BCUT2D eigenvalue weighted by molar-refractivity contribution is 1.04. The first-order valence-corrected chi connectivity index (χ1v) is 2.99. The van der Waals surface area contributed by atoms with Gasteiger partial charge in [-0.1, -0.05) is 17.7 Å². The second kappa shape index (κ2) is 4.85. The lowest BCUT2D eigenvalue weighted by Gasteiger charge is -1.86. The minimum absolute atomic E-state index is 0.105. The molecule has 0 aliphatic heterocycles. The normalized spacial score (nSPS) is 15.9. The Labute approximate surface area is 55.1 Å². The number of allylic oxidation sites excluding steroid dienone is 2. The summed E-state index contributed by atoms with van der Waals surface area (Å²) in [5, 5.41) is 0. The van der Waals surface area contributed by atoms with Crippen molar-refractivity contribution in [1.82, 2.24) is 0 Å². The third kappa shape index (κ3) is 5.70. The summed E-state index contributed by atoms with van der Waals surface area (Å²) in [4.78, 5) is 3.87. The van der Waals surface area contributed by atoms with E-state index in [1.54, 1.807) is 6.21 Å². The van der Waals surface area contributed by atoms with Gasteiger partial charge in [0.05, 0.1) is 0 Å². The fourth-order valence-electron chi connectivity index (χ4n) is 0.254. The summed E-state index contributed by atoms with van der Waals surface area (Å²) in [5.74, 6) is 0. The molecule has 0 saturated heterocycles. The van der Waals surface area contributed by atoms with E-state index in [2.05, 4.69) is 4.99 Å². The van der Waals surface area contributed by atoms with Crippen molar-refractivity contribution in [2.45, 2.75) is 19.3 Å². The van der Waals surface area contributed by atoms with Crippen LogP contribution in [0.4, 0.5) is 0 Å². The van der Waals surface area contributed by atoms with Gasteiger partial charge in [-0.3, -0.25) is 4.99 Å². The number of alkyl halides is 1. The topological polar surface area (TPSA) is 12.4 Å². The van der Waals surface area contributed by atoms with Crippen molar-refractivity contribution in [3.8, 4) is 0 Å². The summed E-state index contributed by atoms with van der Waals surface area (Å²) in [7, 11) is 0. The van der Waals surface area contributed by atoms with Crippen LogP contribution in [0.25, 0.3) is 0 Å². The highest BCUT2D eigenvalue weighted by molar-refractivity contribution is 6.20. The van der Waals surface area contributed by atoms with Gasteiger partial charge in [-0.25, -0.2) is 0 Å². The fourth-order valence-corrected chi connectivity index (χ4v) is 0.319. The smallest absolute Gasteiger partial charge is 0.121 e. The zero-order valence-corrected chi connectivity index (χ0v) is 5.89. The number of halogens is 1. The molecule has 0 aromatic rings. The quantitative estimate of drug-likeness (QED) is 0.310. The number of rotatable bonds is 2. The second-order valence-corrected chi connectivity index (χ2v) is 2.03. The predicted octanol–water partition coefficient (Wildman–Crippen LogP) is 2.22. The highest BCUT2D eigenvalue weighted by atomic mass is 35.5. The van der Waals surface area contributed by atoms with E-state index in [1.807, 2.05) is 26.0 Å². The molecule has 0 saturated carbocycles. The molecule has 0 bridgehead atoms. The first-order valence-electron chi connectivity index (χ1n) is 2.56. The van der Waals surface area contributed by atoms with Gasteiger partial charge in [-0.2, -0.15) is 0 Å². The van der Waals surface area contributed by atoms with Crippen molar-refractivity contribution in [2.75, 3.05) is 0 Å². The number of nitrogens with zero attached hydrogens (tertiary/aromatic N) is 1. The van der Waals surface area contributed by atoms with Crippen LogP contribution in [0.1, 0.15) is 13.8 Å². The van der Waals surface area contributed by atoms with E-state index in [1.165, 1.54) is 0 Å². The van der Waals surface area contributed by atoms with Crippen LogP contribution in [0.3, 0.4) is 0 Å². The van der Waals surface area contributed by atoms with E-state index < -0.39 is 0 Å². The molecular weight excluding hydrogens is 122 g/mol. The molecule has 0 rings (SSSR count). The molecule has 8 heavy (non-hydrogen) atoms. The standard InChI is InChI=1S/C6H10ClN/c1-3-4-5-8-6(2)7/h3-6H,1-2H3/b4-3-,8-5?. The molecule has 0 N–H and O–H groups in total. The Balaban J connectivity index is 3.34. The maximum absolute atomic E-state index is 5.48. The van der Waals surface area contributed by atoms with Crippen LogP contribution in [0.2, 0.25) is 0 Å². The number of hydrogen-bond acceptors (Lipinski definition) is 1. The Morgan fingerprint density at radius 2 is 2.25 bits per heavy atom. The Morgan fingerprint density at radius 1 is 1.62 bits per heavy atom. The van der Waals surface area contributed by atoms with Gasteiger partial charge in [0.25, 0.3) is 0 Å². The van der Waals surface area contributed by atoms with Crippen LogP contribution in [0, 0.1) is 0 Å². The van der Waals surface area contributed by atoms with Crippen molar-refractivity contribution in [2.24, 2.45) is 4.99 Å². The van der Waals surface area contributed by atoms with Gasteiger partial charge < -0.3 is 0 Å². The molecule has 2 heteroatoms. The van der Waals surface area contributed by atoms with Crippen LogP contribution >= 0.6 is 11.6 Å². The average molecular weight is 132 g/mol. The van der Waals surface area contributed by atoms with E-state index in [9.17, 15) is 0 Å². The molecule has 0 aliphatic rings. The summed E-state index contributed by atoms with van der Waals surface area (Å²) in [6.45, 7) is 3.76. The molecule has 0 radical (unpaired) electrons. The molecule has 0 aromatic heterocycles. The molecule has 0 heterocycles. The van der Waals surface area contributed by atoms with Gasteiger partial charge in [0.2, 0.25) is 0 Å². The predicted molar refractivity (Wildman–Crippen MR) is 38.6 cm³/mol. The molecule has 0 aromatic carbocycles. The first-order chi connectivity index (χ1) is 3.77. The SMILES string of the molecule is C/C=C\C=NC(C)Cl. The Hall–Kier alpha value is -0.300. The van der Waals surface area contributed by atoms with Crippen molar-refractivity contribution < 1.29 is 0 Å². The molecule has 1 nitrogen and oxygen atoms in total. The van der Waals surface area contributed by atoms with Crippen molar-refractivity contribution in [3.63, 3.8) is 0 Å². The fraction of sp³-hybridized carbons (Fsp3) is 0.500. The molecule has 0 spiro atoms. The molecule has 1 atom stereocenters. The van der Waals surface area contributed by atoms with E-state index >= 15 is 0 Å². The largest absolute Gasteiger partial charge is 0.274 e. The van der Waals surface area contributed by atoms with E-state index in [0.717, 1.165) is 0 Å². The van der Waals surface area contributed by atoms with E-state index in [4.69, 9.17) is 11.6 Å². The summed E-state index contributed by atoms with van der Waals surface area (Å²) in [5.41, 5.74) is -0.105. The van der Waals surface area contributed by atoms with Crippen LogP contribution < -0.4 is 0 Å². The molecule has 0 fully saturated rings. The minimum atomic E-state index is -0.105. The molecule has 0 amide bonds. The first kappa shape index (κ1) is 7.70. The van der Waals surface area contributed by atoms with Gasteiger partial charge in [0, 0.05) is 6.21 Å². The van der Waals surface area contributed by atoms with Gasteiger partial charge >= 0.3 is 0 Å². The molecule has 46 valence electrons. The number of hydrogen-bond donors (Lipinski definition) is 0. The molecule has 0 aliphatic carbocycles. The van der Waals surface area contributed by atoms with Crippen LogP contribution in [-0.4, -0.2) is 11.7 Å². The van der Waals surface area contributed by atoms with Crippen molar-refractivity contribution in [3.05, 3.63) is 12.2 Å². The van der Waals surface area contributed by atoms with Crippen molar-refractivity contribution in [1.29, 1.82) is 0 Å². The zero-order valence-electron chi connectivity index (χ0n) is 5.13. The third-order valence-electron chi connectivity index (χ3n) is 0.570. The van der Waals surface area contributed by atoms with E-state index in [-0.39, 0.29) is 5.50 Å². The number of aliphatic imine (C=N–C) groups is 1. The Kier molecular flexibility index (Phi) is 4.67. The Bertz CT molecular complexity index is 94.7. The lowest BCUT2D eigenvalue weighted by atomic mass is 10.6. The minimum Gasteiger partial charge on any atom is -0.274 e. The molecular formula is C6H10ClN. The Morgan fingerprint density at radius 3 is 2.62 bits per heavy atom. The summed E-state index contributed by atoms with van der Waals surface area (Å²) in [6, 6.07) is 0. The van der Waals surface area contributed by atoms with Gasteiger partial charge in [-0.15, -0.1) is 0 Å². The summed E-state index contributed by atoms with van der Waals surface area (Å²) < 4.78 is 0. The maximum atomic E-state index is 5.48. The summed E-state index contributed by atoms with van der Waals surface area (Å²) >= 11 is 5.48. The highest BCUT2D eigenvalue weighted by Gasteiger charge is 1.81. The van der Waals surface area contributed by atoms with Crippen LogP contribution in [0.5, 0.6) is 0 Å². The maximum Gasteiger partial charge on any atom is 0.121 e. The van der Waals surface area contributed by atoms with Gasteiger partial charge in [-0.05, 0) is 19.9 Å². The van der Waals surface area contributed by atoms with E-state index in [0.29, 0.717) is 0 Å². The third-order valence-corrected chi connectivity index (χ3v) is 0.683. The van der Waals surface area contributed by atoms with Crippen molar-refractivity contribution >= 4 is 17.8 Å².